The normalized spacial score (nSPS) is 11.5. The molecule has 3 aromatic rings. The van der Waals surface area contributed by atoms with E-state index in [0.29, 0.717) is 0 Å². The summed E-state index contributed by atoms with van der Waals surface area (Å²) in [5.41, 5.74) is 3.28. The standard InChI is InChI=1S/C18H16F2N4O3S/c1-18(2,27)8-5-10(19)15(11(20)6-8)12-7-9(16(21)26)17(28-12)22-13-3-4-14(25)24-23-13/h3-7,27H,1-2H3,(H2,21,26)(H,22,23)(H,24,25). The Labute approximate surface area is 161 Å². The topological polar surface area (TPSA) is 121 Å². The summed E-state index contributed by atoms with van der Waals surface area (Å²) < 4.78 is 29.2. The first-order chi connectivity index (χ1) is 13.1. The minimum absolute atomic E-state index is 0.0124. The van der Waals surface area contributed by atoms with Crippen molar-refractivity contribution >= 4 is 28.1 Å². The molecular weight excluding hydrogens is 390 g/mol. The predicted molar refractivity (Wildman–Crippen MR) is 102 cm³/mol. The fourth-order valence-corrected chi connectivity index (χ4v) is 3.60. The monoisotopic (exact) mass is 406 g/mol. The molecular formula is C18H16F2N4O3S. The van der Waals surface area contributed by atoms with Gasteiger partial charge in [0.05, 0.1) is 16.7 Å². The van der Waals surface area contributed by atoms with Gasteiger partial charge >= 0.3 is 0 Å². The summed E-state index contributed by atoms with van der Waals surface area (Å²) in [6, 6.07) is 5.95. The number of aromatic nitrogens is 2. The van der Waals surface area contributed by atoms with Gasteiger partial charge in [0.15, 0.2) is 5.82 Å². The molecule has 0 radical (unpaired) electrons. The summed E-state index contributed by atoms with van der Waals surface area (Å²) in [4.78, 5) is 23.0. The number of anilines is 2. The van der Waals surface area contributed by atoms with Gasteiger partial charge in [0.2, 0.25) is 0 Å². The van der Waals surface area contributed by atoms with Crippen LogP contribution < -0.4 is 16.6 Å². The molecule has 1 aromatic carbocycles. The van der Waals surface area contributed by atoms with E-state index < -0.39 is 28.7 Å². The Morgan fingerprint density at radius 1 is 1.25 bits per heavy atom. The largest absolute Gasteiger partial charge is 0.386 e. The number of thiophene rings is 1. The number of aliphatic hydroxyl groups is 1. The zero-order valence-electron chi connectivity index (χ0n) is 14.8. The van der Waals surface area contributed by atoms with Crippen LogP contribution in [0.3, 0.4) is 0 Å². The van der Waals surface area contributed by atoms with Crippen molar-refractivity contribution in [3.8, 4) is 10.4 Å². The Balaban J connectivity index is 2.07. The van der Waals surface area contributed by atoms with E-state index in [4.69, 9.17) is 5.73 Å². The van der Waals surface area contributed by atoms with Crippen LogP contribution in [0.25, 0.3) is 10.4 Å². The molecule has 0 spiro atoms. The molecule has 146 valence electrons. The van der Waals surface area contributed by atoms with Gasteiger partial charge in [-0.2, -0.15) is 5.10 Å². The van der Waals surface area contributed by atoms with Crippen LogP contribution in [0.15, 0.2) is 35.1 Å². The number of aromatic amines is 1. The maximum Gasteiger partial charge on any atom is 0.264 e. The predicted octanol–water partition coefficient (Wildman–Crippen LogP) is 2.85. The number of nitrogens with one attached hydrogen (secondary N) is 2. The minimum Gasteiger partial charge on any atom is -0.386 e. The Morgan fingerprint density at radius 3 is 2.39 bits per heavy atom. The molecule has 0 aliphatic carbocycles. The molecule has 10 heteroatoms. The summed E-state index contributed by atoms with van der Waals surface area (Å²) in [6.45, 7) is 2.83. The number of amides is 1. The number of rotatable bonds is 5. The number of hydrogen-bond donors (Lipinski definition) is 4. The zero-order chi connectivity index (χ0) is 20.6. The second-order valence-electron chi connectivity index (χ2n) is 6.52. The molecule has 0 bridgehead atoms. The van der Waals surface area contributed by atoms with Crippen molar-refractivity contribution in [1.29, 1.82) is 0 Å². The lowest BCUT2D eigenvalue weighted by Crippen LogP contribution is -2.16. The number of carbonyl (C=O) groups excluding carboxylic acids is 1. The average Bonchev–Trinajstić information content (AvgIpc) is 2.99. The second-order valence-corrected chi connectivity index (χ2v) is 7.58. The third kappa shape index (κ3) is 3.92. The van der Waals surface area contributed by atoms with Gasteiger partial charge in [-0.25, -0.2) is 13.9 Å². The van der Waals surface area contributed by atoms with E-state index in [9.17, 15) is 23.5 Å². The van der Waals surface area contributed by atoms with Gasteiger partial charge < -0.3 is 16.2 Å². The molecule has 28 heavy (non-hydrogen) atoms. The second kappa shape index (κ2) is 7.13. The highest BCUT2D eigenvalue weighted by atomic mass is 32.1. The lowest BCUT2D eigenvalue weighted by atomic mass is 9.96. The van der Waals surface area contributed by atoms with Gasteiger partial charge in [-0.15, -0.1) is 11.3 Å². The maximum absolute atomic E-state index is 14.6. The average molecular weight is 406 g/mol. The Hall–Kier alpha value is -3.11. The maximum atomic E-state index is 14.6. The van der Waals surface area contributed by atoms with Crippen LogP contribution in [-0.2, 0) is 5.60 Å². The number of nitrogens with two attached hydrogens (primary N) is 1. The first-order valence-electron chi connectivity index (χ1n) is 8.05. The van der Waals surface area contributed by atoms with Crippen molar-refractivity contribution in [2.75, 3.05) is 5.32 Å². The molecule has 2 aromatic heterocycles. The van der Waals surface area contributed by atoms with Crippen LogP contribution in [0.4, 0.5) is 19.6 Å². The highest BCUT2D eigenvalue weighted by Crippen LogP contribution is 2.40. The van der Waals surface area contributed by atoms with Crippen LogP contribution in [-0.4, -0.2) is 21.2 Å². The van der Waals surface area contributed by atoms with Crippen LogP contribution >= 0.6 is 11.3 Å². The Kier molecular flexibility index (Phi) is 5.01. The molecule has 3 rings (SSSR count). The van der Waals surface area contributed by atoms with Gasteiger partial charge in [-0.05, 0) is 43.7 Å². The lowest BCUT2D eigenvalue weighted by Gasteiger charge is -2.18. The van der Waals surface area contributed by atoms with E-state index >= 15 is 0 Å². The van der Waals surface area contributed by atoms with E-state index in [0.717, 1.165) is 23.5 Å². The molecule has 2 heterocycles. The van der Waals surface area contributed by atoms with E-state index in [1.165, 1.54) is 32.0 Å². The molecule has 0 saturated heterocycles. The van der Waals surface area contributed by atoms with Gasteiger partial charge in [-0.1, -0.05) is 0 Å². The number of hydrogen-bond acceptors (Lipinski definition) is 6. The third-order valence-electron chi connectivity index (χ3n) is 3.91. The van der Waals surface area contributed by atoms with Crippen molar-refractivity contribution in [1.82, 2.24) is 10.2 Å². The van der Waals surface area contributed by atoms with E-state index in [-0.39, 0.29) is 32.4 Å². The summed E-state index contributed by atoms with van der Waals surface area (Å²) in [7, 11) is 0. The zero-order valence-corrected chi connectivity index (χ0v) is 15.7. The number of primary amides is 1. The molecule has 0 aliphatic heterocycles. The van der Waals surface area contributed by atoms with Crippen molar-refractivity contribution in [2.45, 2.75) is 19.4 Å². The number of carbonyl (C=O) groups is 1. The molecule has 0 fully saturated rings. The van der Waals surface area contributed by atoms with E-state index in [2.05, 4.69) is 15.5 Å². The molecule has 0 unspecified atom stereocenters. The van der Waals surface area contributed by atoms with Crippen molar-refractivity contribution < 1.29 is 18.7 Å². The van der Waals surface area contributed by atoms with Gasteiger partial charge in [0, 0.05) is 10.9 Å². The fourth-order valence-electron chi connectivity index (χ4n) is 2.48. The van der Waals surface area contributed by atoms with Gasteiger partial charge in [-0.3, -0.25) is 9.59 Å². The highest BCUT2D eigenvalue weighted by molar-refractivity contribution is 7.20. The quantitative estimate of drug-likeness (QED) is 0.519. The summed E-state index contributed by atoms with van der Waals surface area (Å²) in [6.07, 6.45) is 0. The number of benzene rings is 1. The smallest absolute Gasteiger partial charge is 0.264 e. The van der Waals surface area contributed by atoms with Crippen LogP contribution in [0.5, 0.6) is 0 Å². The van der Waals surface area contributed by atoms with Gasteiger partial charge in [0.25, 0.3) is 11.5 Å². The van der Waals surface area contributed by atoms with Crippen LogP contribution in [0, 0.1) is 11.6 Å². The fraction of sp³-hybridized carbons (Fsp3) is 0.167. The van der Waals surface area contributed by atoms with Crippen molar-refractivity contribution in [3.05, 3.63) is 63.4 Å². The van der Waals surface area contributed by atoms with Crippen LogP contribution in [0.1, 0.15) is 29.8 Å². The first kappa shape index (κ1) is 19.6. The summed E-state index contributed by atoms with van der Waals surface area (Å²) in [5.74, 6) is -2.36. The van der Waals surface area contributed by atoms with Crippen LogP contribution in [0.2, 0.25) is 0 Å². The van der Waals surface area contributed by atoms with E-state index in [1.807, 2.05) is 0 Å². The molecule has 5 N–H and O–H groups in total. The van der Waals surface area contributed by atoms with Gasteiger partial charge in [0.1, 0.15) is 16.6 Å². The molecule has 0 aliphatic rings. The molecule has 0 atom stereocenters. The number of H-pyrrole nitrogens is 1. The molecule has 7 nitrogen and oxygen atoms in total. The lowest BCUT2D eigenvalue weighted by molar-refractivity contribution is 0.0778. The minimum atomic E-state index is -1.42. The number of halogens is 2. The Bertz CT molecular complexity index is 1080. The van der Waals surface area contributed by atoms with E-state index in [1.54, 1.807) is 0 Å². The Morgan fingerprint density at radius 2 is 1.89 bits per heavy atom. The molecule has 0 saturated carbocycles. The third-order valence-corrected chi connectivity index (χ3v) is 4.98. The summed E-state index contributed by atoms with van der Waals surface area (Å²) in [5, 5.41) is 19.0. The van der Waals surface area contributed by atoms with Crippen molar-refractivity contribution in [2.24, 2.45) is 5.73 Å². The molecule has 1 amide bonds. The van der Waals surface area contributed by atoms with Crippen molar-refractivity contribution in [3.63, 3.8) is 0 Å². The highest BCUT2D eigenvalue weighted by Gasteiger charge is 2.24. The summed E-state index contributed by atoms with van der Waals surface area (Å²) >= 11 is 0.895. The number of nitrogens with zero attached hydrogens (tertiary/aromatic N) is 1. The first-order valence-corrected chi connectivity index (χ1v) is 8.86. The SMILES string of the molecule is CC(C)(O)c1cc(F)c(-c2cc(C(N)=O)c(Nc3ccc(=O)[nH]n3)s2)c(F)c1.